The van der Waals surface area contributed by atoms with E-state index in [0.29, 0.717) is 5.92 Å². The van der Waals surface area contributed by atoms with Crippen molar-refractivity contribution < 1.29 is 0 Å². The fourth-order valence-corrected chi connectivity index (χ4v) is 1.39. The summed E-state index contributed by atoms with van der Waals surface area (Å²) in [7, 11) is 0. The van der Waals surface area contributed by atoms with E-state index in [0.717, 1.165) is 0 Å². The molecule has 0 aliphatic heterocycles. The van der Waals surface area contributed by atoms with Crippen LogP contribution in [0.5, 0.6) is 0 Å². The number of hydrogen-bond donors (Lipinski definition) is 0. The molecule has 1 aliphatic rings. The van der Waals surface area contributed by atoms with Gasteiger partial charge in [-0.05, 0) is 31.3 Å². The molecule has 0 saturated heterocycles. The SMILES string of the molecule is CC1=CC(C(C)C)=CCCC=C1. The quantitative estimate of drug-likeness (QED) is 0.549. The average Bonchev–Trinajstić information content (AvgIpc) is 1.95. The predicted octanol–water partition coefficient (Wildman–Crippen LogP) is 3.87. The number of rotatable bonds is 1. The van der Waals surface area contributed by atoms with E-state index in [4.69, 9.17) is 0 Å². The molecule has 12 heavy (non-hydrogen) atoms. The van der Waals surface area contributed by atoms with E-state index in [1.807, 2.05) is 0 Å². The van der Waals surface area contributed by atoms with Crippen molar-refractivity contribution >= 4 is 0 Å². The van der Waals surface area contributed by atoms with E-state index >= 15 is 0 Å². The van der Waals surface area contributed by atoms with E-state index in [1.54, 1.807) is 0 Å². The Balaban J connectivity index is 2.84. The van der Waals surface area contributed by atoms with Gasteiger partial charge in [0.25, 0.3) is 0 Å². The molecular weight excluding hydrogens is 144 g/mol. The van der Waals surface area contributed by atoms with Gasteiger partial charge < -0.3 is 0 Å². The van der Waals surface area contributed by atoms with Crippen LogP contribution in [-0.2, 0) is 0 Å². The van der Waals surface area contributed by atoms with Crippen LogP contribution >= 0.6 is 0 Å². The Morgan fingerprint density at radius 2 is 2.00 bits per heavy atom. The molecule has 0 aromatic rings. The standard InChI is InChI=1S/C12H18/c1-10(2)12-8-6-4-5-7-11(3)9-12/h5,7-10H,4,6H2,1-3H3. The zero-order chi connectivity index (χ0) is 8.97. The molecule has 0 unspecified atom stereocenters. The lowest BCUT2D eigenvalue weighted by molar-refractivity contribution is 0.780. The molecule has 1 rings (SSSR count). The van der Waals surface area contributed by atoms with Gasteiger partial charge in [0.15, 0.2) is 0 Å². The first-order valence-corrected chi connectivity index (χ1v) is 4.75. The zero-order valence-electron chi connectivity index (χ0n) is 8.30. The van der Waals surface area contributed by atoms with Crippen LogP contribution in [0.4, 0.5) is 0 Å². The van der Waals surface area contributed by atoms with E-state index in [2.05, 4.69) is 45.1 Å². The lowest BCUT2D eigenvalue weighted by Crippen LogP contribution is -1.92. The van der Waals surface area contributed by atoms with Gasteiger partial charge in [-0.2, -0.15) is 0 Å². The Morgan fingerprint density at radius 3 is 2.67 bits per heavy atom. The molecule has 1 aliphatic carbocycles. The van der Waals surface area contributed by atoms with Gasteiger partial charge in [0.1, 0.15) is 0 Å². The van der Waals surface area contributed by atoms with Gasteiger partial charge in [-0.15, -0.1) is 0 Å². The largest absolute Gasteiger partial charge is 0.0840 e. The van der Waals surface area contributed by atoms with Crippen LogP contribution in [0.2, 0.25) is 0 Å². The van der Waals surface area contributed by atoms with E-state index in [9.17, 15) is 0 Å². The highest BCUT2D eigenvalue weighted by atomic mass is 14.1. The fraction of sp³-hybridized carbons (Fsp3) is 0.500. The summed E-state index contributed by atoms with van der Waals surface area (Å²) in [6.07, 6.45) is 11.5. The average molecular weight is 162 g/mol. The van der Waals surface area contributed by atoms with E-state index in [-0.39, 0.29) is 0 Å². The molecule has 0 aromatic carbocycles. The van der Waals surface area contributed by atoms with E-state index < -0.39 is 0 Å². The lowest BCUT2D eigenvalue weighted by atomic mass is 9.97. The Morgan fingerprint density at radius 1 is 1.25 bits per heavy atom. The Labute approximate surface area is 75.7 Å². The molecule has 0 bridgehead atoms. The molecule has 0 radical (unpaired) electrons. The van der Waals surface area contributed by atoms with Gasteiger partial charge in [0.2, 0.25) is 0 Å². The first kappa shape index (κ1) is 9.31. The van der Waals surface area contributed by atoms with Crippen molar-refractivity contribution in [3.05, 3.63) is 35.5 Å². The van der Waals surface area contributed by atoms with Crippen LogP contribution in [0, 0.1) is 5.92 Å². The molecule has 0 spiro atoms. The number of allylic oxidation sites excluding steroid dienone is 6. The monoisotopic (exact) mass is 162 g/mol. The van der Waals surface area contributed by atoms with Gasteiger partial charge in [-0.1, -0.05) is 43.7 Å². The minimum atomic E-state index is 0.659. The minimum Gasteiger partial charge on any atom is -0.0840 e. The number of hydrogen-bond acceptors (Lipinski definition) is 0. The highest BCUT2D eigenvalue weighted by molar-refractivity contribution is 5.31. The Bertz CT molecular complexity index is 226. The molecule has 0 aromatic heterocycles. The summed E-state index contributed by atoms with van der Waals surface area (Å²) in [5, 5.41) is 0. The van der Waals surface area contributed by atoms with Crippen molar-refractivity contribution in [2.75, 3.05) is 0 Å². The summed E-state index contributed by atoms with van der Waals surface area (Å²) in [5.41, 5.74) is 2.85. The maximum atomic E-state index is 2.36. The van der Waals surface area contributed by atoms with Crippen molar-refractivity contribution in [3.63, 3.8) is 0 Å². The first-order valence-electron chi connectivity index (χ1n) is 4.75. The van der Waals surface area contributed by atoms with Crippen LogP contribution in [0.3, 0.4) is 0 Å². The predicted molar refractivity (Wildman–Crippen MR) is 55.1 cm³/mol. The molecule has 66 valence electrons. The molecule has 0 N–H and O–H groups in total. The highest BCUT2D eigenvalue weighted by Gasteiger charge is 2.00. The second-order valence-corrected chi connectivity index (χ2v) is 3.73. The summed E-state index contributed by atoms with van der Waals surface area (Å²) in [6, 6.07) is 0. The molecular formula is C12H18. The van der Waals surface area contributed by atoms with Crippen LogP contribution < -0.4 is 0 Å². The van der Waals surface area contributed by atoms with Gasteiger partial charge >= 0.3 is 0 Å². The molecule has 0 fully saturated rings. The fourth-order valence-electron chi connectivity index (χ4n) is 1.39. The summed E-state index contributed by atoms with van der Waals surface area (Å²) in [4.78, 5) is 0. The third-order valence-electron chi connectivity index (χ3n) is 2.16. The van der Waals surface area contributed by atoms with Crippen LogP contribution in [0.25, 0.3) is 0 Å². The zero-order valence-corrected chi connectivity index (χ0v) is 8.30. The van der Waals surface area contributed by atoms with Gasteiger partial charge in [0, 0.05) is 0 Å². The highest BCUT2D eigenvalue weighted by Crippen LogP contribution is 2.17. The van der Waals surface area contributed by atoms with Gasteiger partial charge in [-0.3, -0.25) is 0 Å². The second kappa shape index (κ2) is 4.30. The normalized spacial score (nSPS) is 18.3. The van der Waals surface area contributed by atoms with E-state index in [1.165, 1.54) is 24.0 Å². The van der Waals surface area contributed by atoms with Crippen molar-refractivity contribution in [1.29, 1.82) is 0 Å². The molecule has 0 amide bonds. The second-order valence-electron chi connectivity index (χ2n) is 3.73. The minimum absolute atomic E-state index is 0.659. The molecule has 0 nitrogen and oxygen atoms in total. The molecule has 0 heteroatoms. The Hall–Kier alpha value is -0.780. The summed E-state index contributed by atoms with van der Waals surface area (Å²) in [6.45, 7) is 6.67. The molecule has 0 saturated carbocycles. The van der Waals surface area contributed by atoms with Crippen LogP contribution in [0.15, 0.2) is 35.5 Å². The topological polar surface area (TPSA) is 0 Å². The van der Waals surface area contributed by atoms with Crippen molar-refractivity contribution in [2.24, 2.45) is 5.92 Å². The third-order valence-corrected chi connectivity index (χ3v) is 2.16. The maximum Gasteiger partial charge on any atom is -0.0222 e. The summed E-state index contributed by atoms with van der Waals surface area (Å²) < 4.78 is 0. The molecule has 0 atom stereocenters. The molecule has 0 heterocycles. The summed E-state index contributed by atoms with van der Waals surface area (Å²) in [5.74, 6) is 0.659. The van der Waals surface area contributed by atoms with Crippen molar-refractivity contribution in [1.82, 2.24) is 0 Å². The lowest BCUT2D eigenvalue weighted by Gasteiger charge is -2.09. The van der Waals surface area contributed by atoms with Gasteiger partial charge in [-0.25, -0.2) is 0 Å². The summed E-state index contributed by atoms with van der Waals surface area (Å²) >= 11 is 0. The maximum absolute atomic E-state index is 2.36. The van der Waals surface area contributed by atoms with Crippen molar-refractivity contribution in [2.45, 2.75) is 33.6 Å². The van der Waals surface area contributed by atoms with Crippen LogP contribution in [-0.4, -0.2) is 0 Å². The van der Waals surface area contributed by atoms with Crippen molar-refractivity contribution in [3.8, 4) is 0 Å². The van der Waals surface area contributed by atoms with Crippen LogP contribution in [0.1, 0.15) is 33.6 Å². The van der Waals surface area contributed by atoms with Gasteiger partial charge in [0.05, 0.1) is 0 Å². The first-order chi connectivity index (χ1) is 5.70. The smallest absolute Gasteiger partial charge is 0.0222 e. The Kier molecular flexibility index (Phi) is 3.33. The third kappa shape index (κ3) is 2.69.